The molecular formula is C16H27Cl2N3O2. The van der Waals surface area contributed by atoms with Gasteiger partial charge in [0, 0.05) is 31.9 Å². The van der Waals surface area contributed by atoms with Crippen molar-refractivity contribution in [3.63, 3.8) is 0 Å². The van der Waals surface area contributed by atoms with Crippen molar-refractivity contribution in [1.82, 2.24) is 10.6 Å². The van der Waals surface area contributed by atoms with Crippen LogP contribution in [0, 0.1) is 0 Å². The zero-order valence-electron chi connectivity index (χ0n) is 13.5. The third-order valence-corrected chi connectivity index (χ3v) is 3.65. The summed E-state index contributed by atoms with van der Waals surface area (Å²) in [5.74, 6) is 0.0393. The second-order valence-electron chi connectivity index (χ2n) is 5.14. The van der Waals surface area contributed by atoms with Gasteiger partial charge in [-0.25, -0.2) is 0 Å². The number of benzene rings is 1. The molecule has 2 rings (SSSR count). The number of hydrogen-bond acceptors (Lipinski definition) is 4. The van der Waals surface area contributed by atoms with E-state index in [-0.39, 0.29) is 36.8 Å². The molecule has 1 aliphatic heterocycles. The first-order valence-electron chi connectivity index (χ1n) is 7.70. The lowest BCUT2D eigenvalue weighted by molar-refractivity contribution is -0.125. The van der Waals surface area contributed by atoms with E-state index in [0.717, 1.165) is 26.1 Å². The van der Waals surface area contributed by atoms with E-state index < -0.39 is 0 Å². The first-order chi connectivity index (χ1) is 10.3. The van der Waals surface area contributed by atoms with Crippen LogP contribution in [0.5, 0.6) is 0 Å². The van der Waals surface area contributed by atoms with Crippen LogP contribution in [-0.4, -0.2) is 51.3 Å². The van der Waals surface area contributed by atoms with Crippen molar-refractivity contribution in [3.05, 3.63) is 30.3 Å². The summed E-state index contributed by atoms with van der Waals surface area (Å²) in [5, 5.41) is 6.13. The standard InChI is InChI=1S/C16H25N3O2.2ClH/c1-2-19(14-7-4-3-5-8-14)11-6-9-18-16(20)15-13-21-12-10-17-15;;/h3-5,7-8,15,17H,2,6,9-13H2,1H3,(H,18,20);2*1H. The quantitative estimate of drug-likeness (QED) is 0.726. The topological polar surface area (TPSA) is 53.6 Å². The molecule has 5 nitrogen and oxygen atoms in total. The van der Waals surface area contributed by atoms with Crippen molar-refractivity contribution in [1.29, 1.82) is 0 Å². The van der Waals surface area contributed by atoms with Gasteiger partial charge in [0.25, 0.3) is 0 Å². The normalized spacial score (nSPS) is 16.7. The van der Waals surface area contributed by atoms with Crippen LogP contribution in [0.4, 0.5) is 5.69 Å². The molecule has 0 aromatic heterocycles. The molecule has 1 heterocycles. The van der Waals surface area contributed by atoms with Crippen molar-refractivity contribution < 1.29 is 9.53 Å². The molecule has 132 valence electrons. The fraction of sp³-hybridized carbons (Fsp3) is 0.562. The predicted molar refractivity (Wildman–Crippen MR) is 99.1 cm³/mol. The summed E-state index contributed by atoms with van der Waals surface area (Å²) in [6.07, 6.45) is 0.933. The highest BCUT2D eigenvalue weighted by Crippen LogP contribution is 2.12. The number of morpholine rings is 1. The lowest BCUT2D eigenvalue weighted by Gasteiger charge is -2.24. The highest BCUT2D eigenvalue weighted by atomic mass is 35.5. The number of carbonyl (C=O) groups excluding carboxylic acids is 1. The zero-order valence-corrected chi connectivity index (χ0v) is 15.1. The number of nitrogens with zero attached hydrogens (tertiary/aromatic N) is 1. The highest BCUT2D eigenvalue weighted by Gasteiger charge is 2.20. The fourth-order valence-corrected chi connectivity index (χ4v) is 2.45. The van der Waals surface area contributed by atoms with Crippen LogP contribution in [-0.2, 0) is 9.53 Å². The van der Waals surface area contributed by atoms with Crippen molar-refractivity contribution in [2.24, 2.45) is 0 Å². The third-order valence-electron chi connectivity index (χ3n) is 3.65. The van der Waals surface area contributed by atoms with Crippen molar-refractivity contribution in [3.8, 4) is 0 Å². The van der Waals surface area contributed by atoms with Crippen LogP contribution in [0.3, 0.4) is 0 Å². The summed E-state index contributed by atoms with van der Waals surface area (Å²) in [6.45, 7) is 6.65. The Kier molecular flexibility index (Phi) is 11.9. The molecule has 1 aromatic rings. The molecule has 1 unspecified atom stereocenters. The highest BCUT2D eigenvalue weighted by molar-refractivity contribution is 5.85. The van der Waals surface area contributed by atoms with Crippen molar-refractivity contribution >= 4 is 36.4 Å². The minimum Gasteiger partial charge on any atom is -0.378 e. The Morgan fingerprint density at radius 1 is 1.35 bits per heavy atom. The van der Waals surface area contributed by atoms with Gasteiger partial charge in [0.2, 0.25) is 5.91 Å². The number of amides is 1. The molecule has 0 saturated carbocycles. The molecular weight excluding hydrogens is 337 g/mol. The van der Waals surface area contributed by atoms with E-state index >= 15 is 0 Å². The van der Waals surface area contributed by atoms with Crippen molar-refractivity contribution in [2.75, 3.05) is 44.3 Å². The molecule has 0 aliphatic carbocycles. The molecule has 1 aliphatic rings. The van der Waals surface area contributed by atoms with Crippen molar-refractivity contribution in [2.45, 2.75) is 19.4 Å². The summed E-state index contributed by atoms with van der Waals surface area (Å²) < 4.78 is 5.29. The minimum atomic E-state index is -0.199. The van der Waals surface area contributed by atoms with E-state index in [2.05, 4.69) is 46.7 Å². The van der Waals surface area contributed by atoms with Gasteiger partial charge in [-0.05, 0) is 25.5 Å². The number of nitrogens with one attached hydrogen (secondary N) is 2. The second kappa shape index (κ2) is 12.4. The van der Waals surface area contributed by atoms with Gasteiger partial charge in [-0.2, -0.15) is 0 Å². The number of ether oxygens (including phenoxy) is 1. The predicted octanol–water partition coefficient (Wildman–Crippen LogP) is 1.85. The Morgan fingerprint density at radius 3 is 2.70 bits per heavy atom. The minimum absolute atomic E-state index is 0. The Morgan fingerprint density at radius 2 is 2.09 bits per heavy atom. The monoisotopic (exact) mass is 363 g/mol. The largest absolute Gasteiger partial charge is 0.378 e. The smallest absolute Gasteiger partial charge is 0.239 e. The molecule has 7 heteroatoms. The summed E-state index contributed by atoms with van der Waals surface area (Å²) in [5.41, 5.74) is 1.23. The Labute approximate surface area is 151 Å². The summed E-state index contributed by atoms with van der Waals surface area (Å²) in [6, 6.07) is 10.2. The average Bonchev–Trinajstić information content (AvgIpc) is 2.56. The third kappa shape index (κ3) is 7.40. The van der Waals surface area contributed by atoms with Crippen LogP contribution in [0.2, 0.25) is 0 Å². The van der Waals surface area contributed by atoms with E-state index in [4.69, 9.17) is 4.74 Å². The number of rotatable bonds is 7. The van der Waals surface area contributed by atoms with Crippen LogP contribution >= 0.6 is 24.8 Å². The Bertz CT molecular complexity index is 429. The molecule has 1 atom stereocenters. The molecule has 2 N–H and O–H groups in total. The van der Waals surface area contributed by atoms with Gasteiger partial charge in [-0.3, -0.25) is 4.79 Å². The fourth-order valence-electron chi connectivity index (χ4n) is 2.45. The van der Waals surface area contributed by atoms with Crippen LogP contribution in [0.25, 0.3) is 0 Å². The molecule has 1 fully saturated rings. The maximum atomic E-state index is 11.9. The van der Waals surface area contributed by atoms with Crippen LogP contribution < -0.4 is 15.5 Å². The van der Waals surface area contributed by atoms with E-state index in [1.54, 1.807) is 0 Å². The number of carbonyl (C=O) groups is 1. The van der Waals surface area contributed by atoms with Gasteiger partial charge in [-0.15, -0.1) is 24.8 Å². The Hall–Kier alpha value is -1.01. The molecule has 1 amide bonds. The van der Waals surface area contributed by atoms with Gasteiger partial charge >= 0.3 is 0 Å². The number of anilines is 1. The van der Waals surface area contributed by atoms with Gasteiger partial charge in [0.05, 0.1) is 13.2 Å². The summed E-state index contributed by atoms with van der Waals surface area (Å²) in [7, 11) is 0. The lowest BCUT2D eigenvalue weighted by Crippen LogP contribution is -2.51. The van der Waals surface area contributed by atoms with E-state index in [9.17, 15) is 4.79 Å². The van der Waals surface area contributed by atoms with Gasteiger partial charge < -0.3 is 20.3 Å². The molecule has 0 bridgehead atoms. The van der Waals surface area contributed by atoms with Crippen LogP contribution in [0.1, 0.15) is 13.3 Å². The molecule has 1 saturated heterocycles. The van der Waals surface area contributed by atoms with Gasteiger partial charge in [0.1, 0.15) is 6.04 Å². The number of hydrogen-bond donors (Lipinski definition) is 2. The maximum Gasteiger partial charge on any atom is 0.239 e. The first kappa shape index (κ1) is 22.0. The van der Waals surface area contributed by atoms with E-state index in [1.165, 1.54) is 5.69 Å². The lowest BCUT2D eigenvalue weighted by atomic mass is 10.2. The van der Waals surface area contributed by atoms with Crippen LogP contribution in [0.15, 0.2) is 30.3 Å². The molecule has 0 spiro atoms. The molecule has 1 aromatic carbocycles. The van der Waals surface area contributed by atoms with Gasteiger partial charge in [0.15, 0.2) is 0 Å². The SMILES string of the molecule is CCN(CCCNC(=O)C1COCCN1)c1ccccc1.Cl.Cl. The van der Waals surface area contributed by atoms with E-state index in [1.807, 2.05) is 6.07 Å². The van der Waals surface area contributed by atoms with Gasteiger partial charge in [-0.1, -0.05) is 18.2 Å². The molecule has 0 radical (unpaired) electrons. The zero-order chi connectivity index (χ0) is 14.9. The number of para-hydroxylation sites is 1. The average molecular weight is 364 g/mol. The number of halogens is 2. The molecule has 23 heavy (non-hydrogen) atoms. The maximum absolute atomic E-state index is 11.9. The Balaban J connectivity index is 0.00000242. The van der Waals surface area contributed by atoms with E-state index in [0.29, 0.717) is 19.8 Å². The summed E-state index contributed by atoms with van der Waals surface area (Å²) in [4.78, 5) is 14.2. The first-order valence-corrected chi connectivity index (χ1v) is 7.70. The summed E-state index contributed by atoms with van der Waals surface area (Å²) >= 11 is 0. The second-order valence-corrected chi connectivity index (χ2v) is 5.14.